The summed E-state index contributed by atoms with van der Waals surface area (Å²) in [4.78, 5) is 2.33. The third-order valence-electron chi connectivity index (χ3n) is 3.06. The summed E-state index contributed by atoms with van der Waals surface area (Å²) < 4.78 is 18.8. The number of para-hydroxylation sites is 1. The highest BCUT2D eigenvalue weighted by Crippen LogP contribution is 2.18. The Morgan fingerprint density at radius 1 is 1.35 bits per heavy atom. The number of hydrogen-bond donors (Lipinski definition) is 1. The number of halogens is 1. The summed E-state index contributed by atoms with van der Waals surface area (Å²) in [6.45, 7) is 7.16. The average molecular weight is 238 g/mol. The van der Waals surface area contributed by atoms with E-state index in [9.17, 15) is 4.39 Å². The lowest BCUT2D eigenvalue weighted by atomic mass is 10.2. The lowest BCUT2D eigenvalue weighted by molar-refractivity contribution is 0.0398. The minimum Gasteiger partial charge on any atom is -0.381 e. The molecule has 0 atom stereocenters. The lowest BCUT2D eigenvalue weighted by Gasteiger charge is -2.26. The van der Waals surface area contributed by atoms with Crippen LogP contribution in [0, 0.1) is 12.7 Å². The fourth-order valence-corrected chi connectivity index (χ4v) is 2.02. The molecule has 1 aliphatic heterocycles. The highest BCUT2D eigenvalue weighted by Gasteiger charge is 2.10. The molecular weight excluding hydrogens is 219 g/mol. The molecule has 0 saturated carbocycles. The Balaban J connectivity index is 1.81. The van der Waals surface area contributed by atoms with E-state index in [1.807, 2.05) is 13.0 Å². The highest BCUT2D eigenvalue weighted by atomic mass is 19.1. The van der Waals surface area contributed by atoms with Crippen molar-refractivity contribution >= 4 is 5.69 Å². The van der Waals surface area contributed by atoms with Crippen LogP contribution in [-0.2, 0) is 4.74 Å². The van der Waals surface area contributed by atoms with Crippen molar-refractivity contribution in [3.8, 4) is 0 Å². The largest absolute Gasteiger partial charge is 0.381 e. The predicted octanol–water partition coefficient (Wildman–Crippen LogP) is 1.88. The molecule has 0 spiro atoms. The quantitative estimate of drug-likeness (QED) is 0.866. The van der Waals surface area contributed by atoms with Crippen molar-refractivity contribution in [1.29, 1.82) is 0 Å². The molecule has 94 valence electrons. The molecule has 1 aromatic carbocycles. The summed E-state index contributed by atoms with van der Waals surface area (Å²) in [6, 6.07) is 5.14. The van der Waals surface area contributed by atoms with E-state index >= 15 is 0 Å². The van der Waals surface area contributed by atoms with Gasteiger partial charge in [-0.15, -0.1) is 0 Å². The number of hydrogen-bond acceptors (Lipinski definition) is 3. The Kier molecular flexibility index (Phi) is 4.34. The smallest absolute Gasteiger partial charge is 0.146 e. The molecule has 1 N–H and O–H groups in total. The molecule has 4 heteroatoms. The van der Waals surface area contributed by atoms with Gasteiger partial charge in [0.15, 0.2) is 0 Å². The minimum absolute atomic E-state index is 0.174. The van der Waals surface area contributed by atoms with Crippen molar-refractivity contribution in [2.75, 3.05) is 44.7 Å². The Morgan fingerprint density at radius 2 is 2.12 bits per heavy atom. The van der Waals surface area contributed by atoms with E-state index in [-0.39, 0.29) is 5.82 Å². The van der Waals surface area contributed by atoms with Crippen molar-refractivity contribution in [3.05, 3.63) is 29.6 Å². The molecule has 1 aromatic rings. The van der Waals surface area contributed by atoms with E-state index in [0.717, 1.165) is 45.0 Å². The number of morpholine rings is 1. The summed E-state index contributed by atoms with van der Waals surface area (Å²) >= 11 is 0. The summed E-state index contributed by atoms with van der Waals surface area (Å²) in [7, 11) is 0. The third-order valence-corrected chi connectivity index (χ3v) is 3.06. The summed E-state index contributed by atoms with van der Waals surface area (Å²) in [5.74, 6) is -0.174. The van der Waals surface area contributed by atoms with Gasteiger partial charge >= 0.3 is 0 Å². The Hall–Kier alpha value is -1.13. The number of anilines is 1. The van der Waals surface area contributed by atoms with Gasteiger partial charge in [0.1, 0.15) is 5.82 Å². The average Bonchev–Trinajstić information content (AvgIpc) is 2.34. The summed E-state index contributed by atoms with van der Waals surface area (Å²) in [5, 5.41) is 3.17. The molecule has 0 amide bonds. The molecule has 3 nitrogen and oxygen atoms in total. The van der Waals surface area contributed by atoms with Gasteiger partial charge in [-0.3, -0.25) is 4.90 Å². The molecular formula is C13H19FN2O. The van der Waals surface area contributed by atoms with Gasteiger partial charge in [0.2, 0.25) is 0 Å². The zero-order chi connectivity index (χ0) is 12.1. The van der Waals surface area contributed by atoms with Gasteiger partial charge in [-0.2, -0.15) is 0 Å². The first-order valence-corrected chi connectivity index (χ1v) is 6.06. The van der Waals surface area contributed by atoms with Crippen LogP contribution in [-0.4, -0.2) is 44.3 Å². The molecule has 0 bridgehead atoms. The van der Waals surface area contributed by atoms with Gasteiger partial charge in [-0.25, -0.2) is 4.39 Å². The third kappa shape index (κ3) is 3.41. The molecule has 1 fully saturated rings. The van der Waals surface area contributed by atoms with E-state index < -0.39 is 0 Å². The molecule has 1 saturated heterocycles. The molecule has 0 radical (unpaired) electrons. The number of rotatable bonds is 4. The van der Waals surface area contributed by atoms with Crippen molar-refractivity contribution in [3.63, 3.8) is 0 Å². The van der Waals surface area contributed by atoms with Crippen LogP contribution < -0.4 is 5.32 Å². The fourth-order valence-electron chi connectivity index (χ4n) is 2.02. The molecule has 2 rings (SSSR count). The van der Waals surface area contributed by atoms with E-state index in [1.54, 1.807) is 6.07 Å². The molecule has 0 aliphatic carbocycles. The first-order chi connectivity index (χ1) is 8.27. The fraction of sp³-hybridized carbons (Fsp3) is 0.538. The van der Waals surface area contributed by atoms with Crippen molar-refractivity contribution in [2.24, 2.45) is 0 Å². The van der Waals surface area contributed by atoms with Crippen LogP contribution in [0.2, 0.25) is 0 Å². The van der Waals surface area contributed by atoms with Crippen molar-refractivity contribution < 1.29 is 9.13 Å². The van der Waals surface area contributed by atoms with Crippen molar-refractivity contribution in [1.82, 2.24) is 4.90 Å². The monoisotopic (exact) mass is 238 g/mol. The van der Waals surface area contributed by atoms with E-state index in [2.05, 4.69) is 10.2 Å². The Bertz CT molecular complexity index is 344. The van der Waals surface area contributed by atoms with Gasteiger partial charge in [0.05, 0.1) is 18.9 Å². The molecule has 1 aliphatic rings. The second-order valence-corrected chi connectivity index (χ2v) is 4.31. The van der Waals surface area contributed by atoms with Crippen LogP contribution >= 0.6 is 0 Å². The maximum Gasteiger partial charge on any atom is 0.146 e. The second-order valence-electron chi connectivity index (χ2n) is 4.31. The van der Waals surface area contributed by atoms with Crippen LogP contribution in [0.1, 0.15) is 5.56 Å². The SMILES string of the molecule is Cc1cccc(F)c1NCCN1CCOCC1. The topological polar surface area (TPSA) is 24.5 Å². The van der Waals surface area contributed by atoms with Gasteiger partial charge in [0.25, 0.3) is 0 Å². The zero-order valence-corrected chi connectivity index (χ0v) is 10.2. The highest BCUT2D eigenvalue weighted by molar-refractivity contribution is 5.51. The van der Waals surface area contributed by atoms with E-state index in [4.69, 9.17) is 4.74 Å². The minimum atomic E-state index is -0.174. The van der Waals surface area contributed by atoms with Gasteiger partial charge < -0.3 is 10.1 Å². The number of ether oxygens (including phenoxy) is 1. The van der Waals surface area contributed by atoms with Crippen LogP contribution in [0.25, 0.3) is 0 Å². The van der Waals surface area contributed by atoms with E-state index in [1.165, 1.54) is 6.07 Å². The number of nitrogens with one attached hydrogen (secondary N) is 1. The standard InChI is InChI=1S/C13H19FN2O/c1-11-3-2-4-12(14)13(11)15-5-6-16-7-9-17-10-8-16/h2-4,15H,5-10H2,1H3. The van der Waals surface area contributed by atoms with Crippen molar-refractivity contribution in [2.45, 2.75) is 6.92 Å². The normalized spacial score (nSPS) is 17.1. The van der Waals surface area contributed by atoms with Gasteiger partial charge in [-0.1, -0.05) is 12.1 Å². The number of aryl methyl sites for hydroxylation is 1. The van der Waals surface area contributed by atoms with Crippen LogP contribution in [0.5, 0.6) is 0 Å². The van der Waals surface area contributed by atoms with E-state index in [0.29, 0.717) is 5.69 Å². The van der Waals surface area contributed by atoms with Crippen LogP contribution in [0.3, 0.4) is 0 Å². The molecule has 0 aromatic heterocycles. The maximum atomic E-state index is 13.5. The Morgan fingerprint density at radius 3 is 2.82 bits per heavy atom. The second kappa shape index (κ2) is 5.98. The lowest BCUT2D eigenvalue weighted by Crippen LogP contribution is -2.39. The van der Waals surface area contributed by atoms with Crippen LogP contribution in [0.4, 0.5) is 10.1 Å². The summed E-state index contributed by atoms with van der Waals surface area (Å²) in [5.41, 5.74) is 1.58. The zero-order valence-electron chi connectivity index (χ0n) is 10.2. The van der Waals surface area contributed by atoms with Crippen LogP contribution in [0.15, 0.2) is 18.2 Å². The molecule has 1 heterocycles. The number of nitrogens with zero attached hydrogens (tertiary/aromatic N) is 1. The first-order valence-electron chi connectivity index (χ1n) is 6.06. The Labute approximate surface area is 102 Å². The molecule has 17 heavy (non-hydrogen) atoms. The number of benzene rings is 1. The summed E-state index contributed by atoms with van der Waals surface area (Å²) in [6.07, 6.45) is 0. The predicted molar refractivity (Wildman–Crippen MR) is 66.9 cm³/mol. The molecule has 0 unspecified atom stereocenters. The first kappa shape index (κ1) is 12.3. The van der Waals surface area contributed by atoms with Gasteiger partial charge in [0, 0.05) is 26.2 Å². The maximum absolute atomic E-state index is 13.5. The van der Waals surface area contributed by atoms with Gasteiger partial charge in [-0.05, 0) is 18.6 Å².